The number of amides is 1. The topological polar surface area (TPSA) is 46.3 Å². The van der Waals surface area contributed by atoms with E-state index in [1.54, 1.807) is 16.7 Å². The van der Waals surface area contributed by atoms with E-state index in [1.165, 1.54) is 0 Å². The molecule has 0 aromatic heterocycles. The summed E-state index contributed by atoms with van der Waals surface area (Å²) in [7, 11) is 1.84. The number of hydrogen-bond donors (Lipinski definition) is 1. The Labute approximate surface area is 85.0 Å². The van der Waals surface area contributed by atoms with Crippen LogP contribution in [0.25, 0.3) is 0 Å². The predicted octanol–water partition coefficient (Wildman–Crippen LogP) is 0.791. The summed E-state index contributed by atoms with van der Waals surface area (Å²) in [6.07, 6.45) is 2.04. The first-order chi connectivity index (χ1) is 6.04. The van der Waals surface area contributed by atoms with Crippen LogP contribution in [-0.2, 0) is 4.79 Å². The molecule has 0 aromatic rings. The van der Waals surface area contributed by atoms with Gasteiger partial charge in [0.25, 0.3) is 0 Å². The fourth-order valence-electron chi connectivity index (χ4n) is 1.02. The molecule has 2 N–H and O–H groups in total. The van der Waals surface area contributed by atoms with Crippen molar-refractivity contribution in [3.63, 3.8) is 0 Å². The molecular weight excluding hydrogens is 184 g/mol. The van der Waals surface area contributed by atoms with Crippen LogP contribution in [0.4, 0.5) is 0 Å². The largest absolute Gasteiger partial charge is 0.342 e. The SMILES string of the molecule is CSCC(C)N(C)C(=O)C(C)CN. The number of nitrogens with two attached hydrogens (primary N) is 1. The highest BCUT2D eigenvalue weighted by Crippen LogP contribution is 2.07. The van der Waals surface area contributed by atoms with Gasteiger partial charge in [0.15, 0.2) is 0 Å². The Hall–Kier alpha value is -0.220. The van der Waals surface area contributed by atoms with E-state index in [2.05, 4.69) is 6.92 Å². The van der Waals surface area contributed by atoms with Gasteiger partial charge < -0.3 is 10.6 Å². The Morgan fingerprint density at radius 2 is 2.08 bits per heavy atom. The van der Waals surface area contributed by atoms with Crippen LogP contribution in [0.1, 0.15) is 13.8 Å². The van der Waals surface area contributed by atoms with Crippen molar-refractivity contribution in [2.75, 3.05) is 25.6 Å². The fourth-order valence-corrected chi connectivity index (χ4v) is 1.72. The summed E-state index contributed by atoms with van der Waals surface area (Å²) in [6, 6.07) is 0.288. The van der Waals surface area contributed by atoms with Gasteiger partial charge in [0.2, 0.25) is 5.91 Å². The standard InChI is InChI=1S/C9H20N2OS/c1-7(5-10)9(12)11(3)8(2)6-13-4/h7-8H,5-6,10H2,1-4H3. The molecule has 0 aliphatic heterocycles. The quantitative estimate of drug-likeness (QED) is 0.720. The maximum absolute atomic E-state index is 11.6. The van der Waals surface area contributed by atoms with Gasteiger partial charge in [-0.1, -0.05) is 6.92 Å². The zero-order valence-corrected chi connectivity index (χ0v) is 9.73. The average Bonchev–Trinajstić information content (AvgIpc) is 2.14. The van der Waals surface area contributed by atoms with Crippen molar-refractivity contribution in [1.82, 2.24) is 4.90 Å². The summed E-state index contributed by atoms with van der Waals surface area (Å²) in [5, 5.41) is 0. The normalized spacial score (nSPS) is 15.2. The van der Waals surface area contributed by atoms with Crippen molar-refractivity contribution in [1.29, 1.82) is 0 Å². The minimum absolute atomic E-state index is 0.0608. The van der Waals surface area contributed by atoms with Gasteiger partial charge in [-0.2, -0.15) is 11.8 Å². The Morgan fingerprint density at radius 1 is 1.54 bits per heavy atom. The maximum atomic E-state index is 11.6. The minimum Gasteiger partial charge on any atom is -0.342 e. The minimum atomic E-state index is -0.0608. The van der Waals surface area contributed by atoms with Crippen LogP contribution in [0.2, 0.25) is 0 Å². The van der Waals surface area contributed by atoms with Crippen LogP contribution in [0.5, 0.6) is 0 Å². The maximum Gasteiger partial charge on any atom is 0.226 e. The van der Waals surface area contributed by atoms with Gasteiger partial charge >= 0.3 is 0 Å². The summed E-state index contributed by atoms with van der Waals surface area (Å²) in [6.45, 7) is 4.34. The number of hydrogen-bond acceptors (Lipinski definition) is 3. The van der Waals surface area contributed by atoms with Crippen LogP contribution in [0.3, 0.4) is 0 Å². The van der Waals surface area contributed by atoms with E-state index in [0.29, 0.717) is 6.54 Å². The van der Waals surface area contributed by atoms with Gasteiger partial charge in [0.1, 0.15) is 0 Å². The van der Waals surface area contributed by atoms with Gasteiger partial charge in [0.05, 0.1) is 0 Å². The Kier molecular flexibility index (Phi) is 6.16. The average molecular weight is 204 g/mol. The third kappa shape index (κ3) is 4.00. The van der Waals surface area contributed by atoms with E-state index in [0.717, 1.165) is 5.75 Å². The lowest BCUT2D eigenvalue weighted by molar-refractivity contribution is -0.134. The molecule has 2 unspecified atom stereocenters. The van der Waals surface area contributed by atoms with Crippen molar-refractivity contribution in [3.05, 3.63) is 0 Å². The lowest BCUT2D eigenvalue weighted by atomic mass is 10.1. The van der Waals surface area contributed by atoms with Crippen LogP contribution in [0, 0.1) is 5.92 Å². The van der Waals surface area contributed by atoms with Crippen LogP contribution in [0.15, 0.2) is 0 Å². The third-order valence-corrected chi connectivity index (χ3v) is 3.01. The molecule has 78 valence electrons. The second kappa shape index (κ2) is 6.27. The summed E-state index contributed by atoms with van der Waals surface area (Å²) < 4.78 is 0. The van der Waals surface area contributed by atoms with Crippen molar-refractivity contribution in [3.8, 4) is 0 Å². The molecule has 13 heavy (non-hydrogen) atoms. The number of nitrogens with zero attached hydrogens (tertiary/aromatic N) is 1. The van der Waals surface area contributed by atoms with E-state index >= 15 is 0 Å². The molecule has 0 rings (SSSR count). The zero-order valence-electron chi connectivity index (χ0n) is 8.91. The van der Waals surface area contributed by atoms with E-state index in [1.807, 2.05) is 20.2 Å². The number of thioether (sulfide) groups is 1. The molecule has 0 fully saturated rings. The smallest absolute Gasteiger partial charge is 0.226 e. The molecule has 3 nitrogen and oxygen atoms in total. The summed E-state index contributed by atoms with van der Waals surface area (Å²) in [5.41, 5.74) is 5.43. The third-order valence-electron chi connectivity index (χ3n) is 2.19. The van der Waals surface area contributed by atoms with Gasteiger partial charge in [-0.05, 0) is 13.2 Å². The highest BCUT2D eigenvalue weighted by atomic mass is 32.2. The van der Waals surface area contributed by atoms with E-state index in [-0.39, 0.29) is 17.9 Å². The van der Waals surface area contributed by atoms with Gasteiger partial charge in [-0.15, -0.1) is 0 Å². The predicted molar refractivity (Wildman–Crippen MR) is 58.8 cm³/mol. The Bertz CT molecular complexity index is 164. The molecule has 0 saturated heterocycles. The first kappa shape index (κ1) is 12.8. The van der Waals surface area contributed by atoms with Gasteiger partial charge in [-0.3, -0.25) is 4.79 Å². The van der Waals surface area contributed by atoms with Crippen molar-refractivity contribution in [2.24, 2.45) is 11.7 Å². The molecule has 0 spiro atoms. The van der Waals surface area contributed by atoms with E-state index < -0.39 is 0 Å². The second-order valence-corrected chi connectivity index (χ2v) is 4.30. The molecule has 0 aliphatic carbocycles. The highest BCUT2D eigenvalue weighted by molar-refractivity contribution is 7.98. The lowest BCUT2D eigenvalue weighted by Crippen LogP contribution is -2.41. The van der Waals surface area contributed by atoms with Crippen LogP contribution >= 0.6 is 11.8 Å². The number of carbonyl (C=O) groups excluding carboxylic acids is 1. The first-order valence-electron chi connectivity index (χ1n) is 4.50. The molecule has 0 heterocycles. The molecule has 0 aliphatic rings. The van der Waals surface area contributed by atoms with Crippen molar-refractivity contribution >= 4 is 17.7 Å². The molecule has 0 saturated carbocycles. The lowest BCUT2D eigenvalue weighted by Gasteiger charge is -2.26. The first-order valence-corrected chi connectivity index (χ1v) is 5.89. The highest BCUT2D eigenvalue weighted by Gasteiger charge is 2.19. The zero-order chi connectivity index (χ0) is 10.4. The van der Waals surface area contributed by atoms with E-state index in [4.69, 9.17) is 5.73 Å². The Morgan fingerprint density at radius 3 is 2.46 bits per heavy atom. The monoisotopic (exact) mass is 204 g/mol. The molecule has 1 amide bonds. The number of rotatable bonds is 5. The van der Waals surface area contributed by atoms with E-state index in [9.17, 15) is 4.79 Å². The van der Waals surface area contributed by atoms with Gasteiger partial charge in [-0.25, -0.2) is 0 Å². The van der Waals surface area contributed by atoms with Crippen LogP contribution < -0.4 is 5.73 Å². The summed E-state index contributed by atoms with van der Waals surface area (Å²) in [5.74, 6) is 1.05. The molecule has 4 heteroatoms. The summed E-state index contributed by atoms with van der Waals surface area (Å²) in [4.78, 5) is 13.4. The molecule has 0 bridgehead atoms. The summed E-state index contributed by atoms with van der Waals surface area (Å²) >= 11 is 1.75. The number of carbonyl (C=O) groups is 1. The Balaban J connectivity index is 4.08. The molecule has 2 atom stereocenters. The van der Waals surface area contributed by atoms with Crippen molar-refractivity contribution in [2.45, 2.75) is 19.9 Å². The van der Waals surface area contributed by atoms with Crippen LogP contribution in [-0.4, -0.2) is 42.4 Å². The van der Waals surface area contributed by atoms with Gasteiger partial charge in [0, 0.05) is 31.3 Å². The molecular formula is C9H20N2OS. The molecule has 0 aromatic carbocycles. The molecule has 0 radical (unpaired) electrons. The van der Waals surface area contributed by atoms with Crippen molar-refractivity contribution < 1.29 is 4.79 Å². The second-order valence-electron chi connectivity index (χ2n) is 3.39. The fraction of sp³-hybridized carbons (Fsp3) is 0.889.